The molecule has 0 amide bonds. The van der Waals surface area contributed by atoms with Gasteiger partial charge in [0.15, 0.2) is 5.78 Å². The van der Waals surface area contributed by atoms with Crippen molar-refractivity contribution in [2.24, 2.45) is 0 Å². The number of benzene rings is 1. The van der Waals surface area contributed by atoms with Crippen molar-refractivity contribution < 1.29 is 14.6 Å². The Labute approximate surface area is 93.4 Å². The van der Waals surface area contributed by atoms with E-state index in [1.54, 1.807) is 17.8 Å². The summed E-state index contributed by atoms with van der Waals surface area (Å²) in [5.74, 6) is 0.366. The third-order valence-corrected chi connectivity index (χ3v) is 2.68. The number of Topliss-reactive ketones (excluding diaryl/α,β-unsaturated/α-hetero) is 1. The van der Waals surface area contributed by atoms with Crippen LogP contribution in [0.3, 0.4) is 0 Å². The topological polar surface area (TPSA) is 46.5 Å². The highest BCUT2D eigenvalue weighted by Gasteiger charge is 2.10. The number of aliphatic hydroxyl groups excluding tert-OH is 1. The van der Waals surface area contributed by atoms with E-state index >= 15 is 0 Å². The van der Waals surface area contributed by atoms with Crippen LogP contribution in [0.1, 0.15) is 6.92 Å². The number of ether oxygens (including phenoxy) is 1. The van der Waals surface area contributed by atoms with Crippen molar-refractivity contribution in [3.05, 3.63) is 24.3 Å². The molecule has 0 spiro atoms. The highest BCUT2D eigenvalue weighted by Crippen LogP contribution is 2.26. The first kappa shape index (κ1) is 12.1. The second kappa shape index (κ2) is 5.78. The van der Waals surface area contributed by atoms with Crippen LogP contribution < -0.4 is 4.74 Å². The lowest BCUT2D eigenvalue weighted by Gasteiger charge is -2.09. The standard InChI is InChI=1S/C11H14O3S/c1-8(12)9(13)7-14-10-5-3-4-6-11(10)15-2/h3-6,8,12H,7H2,1-2H3. The molecule has 3 nitrogen and oxygen atoms in total. The molecule has 0 heterocycles. The van der Waals surface area contributed by atoms with Crippen LogP contribution in [-0.4, -0.2) is 29.9 Å². The lowest BCUT2D eigenvalue weighted by atomic mass is 10.3. The highest BCUT2D eigenvalue weighted by molar-refractivity contribution is 7.98. The molecule has 1 rings (SSSR count). The predicted octanol–water partition coefficient (Wildman–Crippen LogP) is 1.74. The number of aliphatic hydroxyl groups is 1. The summed E-state index contributed by atoms with van der Waals surface area (Å²) in [6.45, 7) is 1.35. The molecular formula is C11H14O3S. The van der Waals surface area contributed by atoms with Gasteiger partial charge in [0, 0.05) is 4.90 Å². The third-order valence-electron chi connectivity index (χ3n) is 1.90. The summed E-state index contributed by atoms with van der Waals surface area (Å²) in [4.78, 5) is 12.1. The molecule has 0 aliphatic carbocycles. The molecule has 1 atom stereocenters. The molecule has 0 bridgehead atoms. The summed E-state index contributed by atoms with van der Waals surface area (Å²) in [5.41, 5.74) is 0. The van der Waals surface area contributed by atoms with E-state index < -0.39 is 6.10 Å². The third kappa shape index (κ3) is 3.57. The van der Waals surface area contributed by atoms with Crippen molar-refractivity contribution in [1.82, 2.24) is 0 Å². The van der Waals surface area contributed by atoms with Gasteiger partial charge < -0.3 is 9.84 Å². The van der Waals surface area contributed by atoms with E-state index in [1.165, 1.54) is 6.92 Å². The maximum atomic E-state index is 11.1. The van der Waals surface area contributed by atoms with Crippen LogP contribution in [0.2, 0.25) is 0 Å². The molecule has 1 aromatic rings. The summed E-state index contributed by atoms with van der Waals surface area (Å²) < 4.78 is 5.32. The summed E-state index contributed by atoms with van der Waals surface area (Å²) in [6, 6.07) is 7.49. The molecule has 1 unspecified atom stereocenters. The van der Waals surface area contributed by atoms with Gasteiger partial charge in [-0.1, -0.05) is 12.1 Å². The monoisotopic (exact) mass is 226 g/mol. The quantitative estimate of drug-likeness (QED) is 0.777. The number of thioether (sulfide) groups is 1. The number of carbonyl (C=O) groups is 1. The van der Waals surface area contributed by atoms with Crippen LogP contribution in [0, 0.1) is 0 Å². The van der Waals surface area contributed by atoms with Gasteiger partial charge in [0.1, 0.15) is 18.5 Å². The zero-order valence-corrected chi connectivity index (χ0v) is 9.58. The van der Waals surface area contributed by atoms with Crippen LogP contribution >= 0.6 is 11.8 Å². The lowest BCUT2D eigenvalue weighted by Crippen LogP contribution is -2.23. The zero-order chi connectivity index (χ0) is 11.3. The van der Waals surface area contributed by atoms with Crippen LogP contribution in [0.15, 0.2) is 29.2 Å². The number of hydrogen-bond donors (Lipinski definition) is 1. The van der Waals surface area contributed by atoms with Gasteiger partial charge in [-0.3, -0.25) is 4.79 Å². The Morgan fingerprint density at radius 2 is 2.20 bits per heavy atom. The molecule has 0 aromatic heterocycles. The number of carbonyl (C=O) groups excluding carboxylic acids is 1. The molecular weight excluding hydrogens is 212 g/mol. The van der Waals surface area contributed by atoms with Gasteiger partial charge in [0.2, 0.25) is 0 Å². The SMILES string of the molecule is CSc1ccccc1OCC(=O)C(C)O. The second-order valence-electron chi connectivity index (χ2n) is 3.08. The van der Waals surface area contributed by atoms with E-state index in [9.17, 15) is 4.79 Å². The molecule has 0 radical (unpaired) electrons. The Balaban J connectivity index is 2.61. The Bertz CT molecular complexity index is 336. The van der Waals surface area contributed by atoms with Crippen molar-refractivity contribution in [3.8, 4) is 5.75 Å². The molecule has 15 heavy (non-hydrogen) atoms. The molecule has 0 saturated heterocycles. The molecule has 1 N–H and O–H groups in total. The summed E-state index contributed by atoms with van der Waals surface area (Å²) in [7, 11) is 0. The number of hydrogen-bond acceptors (Lipinski definition) is 4. The minimum Gasteiger partial charge on any atom is -0.485 e. The van der Waals surface area contributed by atoms with Crippen molar-refractivity contribution in [2.45, 2.75) is 17.9 Å². The second-order valence-corrected chi connectivity index (χ2v) is 3.93. The molecule has 0 saturated carbocycles. The molecule has 1 aromatic carbocycles. The smallest absolute Gasteiger partial charge is 0.198 e. The fourth-order valence-electron chi connectivity index (χ4n) is 1.01. The largest absolute Gasteiger partial charge is 0.485 e. The first-order valence-electron chi connectivity index (χ1n) is 4.61. The van der Waals surface area contributed by atoms with Gasteiger partial charge in [0.05, 0.1) is 0 Å². The van der Waals surface area contributed by atoms with Crippen molar-refractivity contribution in [3.63, 3.8) is 0 Å². The Morgan fingerprint density at radius 3 is 2.80 bits per heavy atom. The fraction of sp³-hybridized carbons (Fsp3) is 0.364. The predicted molar refractivity (Wildman–Crippen MR) is 60.4 cm³/mol. The Morgan fingerprint density at radius 1 is 1.53 bits per heavy atom. The first-order chi connectivity index (χ1) is 7.15. The molecule has 0 aliphatic heterocycles. The lowest BCUT2D eigenvalue weighted by molar-refractivity contribution is -0.128. The van der Waals surface area contributed by atoms with Crippen LogP contribution in [0.25, 0.3) is 0 Å². The zero-order valence-electron chi connectivity index (χ0n) is 8.77. The summed E-state index contributed by atoms with van der Waals surface area (Å²) in [6.07, 6.45) is 0.977. The van der Waals surface area contributed by atoms with E-state index in [0.717, 1.165) is 4.90 Å². The van der Waals surface area contributed by atoms with Crippen molar-refractivity contribution in [1.29, 1.82) is 0 Å². The Kier molecular flexibility index (Phi) is 4.65. The number of rotatable bonds is 5. The highest BCUT2D eigenvalue weighted by atomic mass is 32.2. The molecule has 4 heteroatoms. The minimum absolute atomic E-state index is 0.0881. The average Bonchev–Trinajstić information content (AvgIpc) is 2.26. The number of ketones is 1. The van der Waals surface area contributed by atoms with Gasteiger partial charge >= 0.3 is 0 Å². The van der Waals surface area contributed by atoms with Gasteiger partial charge in [0.25, 0.3) is 0 Å². The van der Waals surface area contributed by atoms with Gasteiger partial charge in [-0.2, -0.15) is 0 Å². The van der Waals surface area contributed by atoms with Crippen molar-refractivity contribution >= 4 is 17.5 Å². The van der Waals surface area contributed by atoms with E-state index in [4.69, 9.17) is 9.84 Å². The number of para-hydroxylation sites is 1. The molecule has 0 aliphatic rings. The van der Waals surface area contributed by atoms with E-state index in [2.05, 4.69) is 0 Å². The van der Waals surface area contributed by atoms with Crippen LogP contribution in [-0.2, 0) is 4.79 Å². The maximum absolute atomic E-state index is 11.1. The van der Waals surface area contributed by atoms with Crippen LogP contribution in [0.4, 0.5) is 0 Å². The maximum Gasteiger partial charge on any atom is 0.198 e. The fourth-order valence-corrected chi connectivity index (χ4v) is 1.55. The van der Waals surface area contributed by atoms with E-state index in [0.29, 0.717) is 5.75 Å². The van der Waals surface area contributed by atoms with Gasteiger partial charge in [-0.05, 0) is 25.3 Å². The summed E-state index contributed by atoms with van der Waals surface area (Å²) in [5, 5.41) is 8.99. The van der Waals surface area contributed by atoms with Gasteiger partial charge in [-0.15, -0.1) is 11.8 Å². The first-order valence-corrected chi connectivity index (χ1v) is 5.84. The van der Waals surface area contributed by atoms with E-state index in [1.807, 2.05) is 24.5 Å². The Hall–Kier alpha value is -1.00. The summed E-state index contributed by atoms with van der Waals surface area (Å²) >= 11 is 1.56. The van der Waals surface area contributed by atoms with Crippen LogP contribution in [0.5, 0.6) is 5.75 Å². The van der Waals surface area contributed by atoms with Gasteiger partial charge in [-0.25, -0.2) is 0 Å². The minimum atomic E-state index is -0.966. The normalized spacial score (nSPS) is 12.2. The van der Waals surface area contributed by atoms with Crippen molar-refractivity contribution in [2.75, 3.05) is 12.9 Å². The molecule has 82 valence electrons. The molecule has 0 fully saturated rings. The van der Waals surface area contributed by atoms with E-state index in [-0.39, 0.29) is 12.4 Å². The average molecular weight is 226 g/mol.